The van der Waals surface area contributed by atoms with Crippen LogP contribution in [0.4, 0.5) is 5.82 Å². The van der Waals surface area contributed by atoms with E-state index in [-0.39, 0.29) is 12.5 Å². The predicted octanol–water partition coefficient (Wildman–Crippen LogP) is 2.68. The molecular weight excluding hydrogens is 240 g/mol. The predicted molar refractivity (Wildman–Crippen MR) is 74.4 cm³/mol. The zero-order valence-corrected chi connectivity index (χ0v) is 10.6. The molecule has 0 aliphatic carbocycles. The minimum atomic E-state index is -0.738. The first-order chi connectivity index (χ1) is 9.24. The number of para-hydroxylation sites is 1. The molecule has 1 fully saturated rings. The number of carboxylic acid groups (broad SMARTS) is 1. The molecule has 1 aromatic heterocycles. The molecule has 1 atom stereocenters. The van der Waals surface area contributed by atoms with Crippen molar-refractivity contribution in [3.63, 3.8) is 0 Å². The van der Waals surface area contributed by atoms with E-state index in [4.69, 9.17) is 5.11 Å². The molecule has 2 heterocycles. The van der Waals surface area contributed by atoms with Crippen molar-refractivity contribution in [1.82, 2.24) is 4.98 Å². The molecule has 3 rings (SSSR count). The number of anilines is 1. The SMILES string of the molecule is O=C(O)CC1CCCN1c1ccc2ccccc2n1. The quantitative estimate of drug-likeness (QED) is 0.917. The van der Waals surface area contributed by atoms with Crippen LogP contribution in [0, 0.1) is 0 Å². The fourth-order valence-corrected chi connectivity index (χ4v) is 2.77. The molecule has 1 aromatic carbocycles. The van der Waals surface area contributed by atoms with Crippen molar-refractivity contribution in [3.8, 4) is 0 Å². The molecule has 0 saturated carbocycles. The van der Waals surface area contributed by atoms with Crippen LogP contribution in [0.3, 0.4) is 0 Å². The number of aromatic nitrogens is 1. The second-order valence-corrected chi connectivity index (χ2v) is 4.95. The third-order valence-corrected chi connectivity index (χ3v) is 3.67. The Morgan fingerprint density at radius 2 is 2.16 bits per heavy atom. The number of rotatable bonds is 3. The Labute approximate surface area is 111 Å². The van der Waals surface area contributed by atoms with Gasteiger partial charge in [0.15, 0.2) is 0 Å². The molecule has 19 heavy (non-hydrogen) atoms. The van der Waals surface area contributed by atoms with Gasteiger partial charge in [-0.15, -0.1) is 0 Å². The molecule has 1 N–H and O–H groups in total. The number of fused-ring (bicyclic) bond motifs is 1. The third-order valence-electron chi connectivity index (χ3n) is 3.67. The topological polar surface area (TPSA) is 53.4 Å². The second kappa shape index (κ2) is 4.88. The van der Waals surface area contributed by atoms with Crippen LogP contribution < -0.4 is 4.90 Å². The van der Waals surface area contributed by atoms with Crippen molar-refractivity contribution >= 4 is 22.7 Å². The Morgan fingerprint density at radius 3 is 3.00 bits per heavy atom. The summed E-state index contributed by atoms with van der Waals surface area (Å²) in [5, 5.41) is 10.1. The van der Waals surface area contributed by atoms with Crippen LogP contribution in [0.5, 0.6) is 0 Å². The molecule has 4 nitrogen and oxygen atoms in total. The summed E-state index contributed by atoms with van der Waals surface area (Å²) in [4.78, 5) is 17.7. The lowest BCUT2D eigenvalue weighted by Gasteiger charge is -2.24. The number of nitrogens with zero attached hydrogens (tertiary/aromatic N) is 2. The fraction of sp³-hybridized carbons (Fsp3) is 0.333. The van der Waals surface area contributed by atoms with Gasteiger partial charge in [-0.05, 0) is 31.0 Å². The van der Waals surface area contributed by atoms with Gasteiger partial charge in [0, 0.05) is 18.0 Å². The highest BCUT2D eigenvalue weighted by atomic mass is 16.4. The summed E-state index contributed by atoms with van der Waals surface area (Å²) in [5.41, 5.74) is 0.959. The molecule has 2 aromatic rings. The summed E-state index contributed by atoms with van der Waals surface area (Å²) in [7, 11) is 0. The number of pyridine rings is 1. The molecule has 98 valence electrons. The maximum absolute atomic E-state index is 10.9. The fourth-order valence-electron chi connectivity index (χ4n) is 2.77. The van der Waals surface area contributed by atoms with E-state index >= 15 is 0 Å². The Morgan fingerprint density at radius 1 is 1.32 bits per heavy atom. The first-order valence-electron chi connectivity index (χ1n) is 6.58. The highest BCUT2D eigenvalue weighted by Gasteiger charge is 2.27. The van der Waals surface area contributed by atoms with Crippen molar-refractivity contribution in [1.29, 1.82) is 0 Å². The minimum absolute atomic E-state index is 0.0752. The summed E-state index contributed by atoms with van der Waals surface area (Å²) in [6.07, 6.45) is 2.15. The molecule has 1 unspecified atom stereocenters. The molecule has 0 spiro atoms. The van der Waals surface area contributed by atoms with E-state index < -0.39 is 5.97 Å². The van der Waals surface area contributed by atoms with Crippen molar-refractivity contribution in [2.75, 3.05) is 11.4 Å². The minimum Gasteiger partial charge on any atom is -0.481 e. The second-order valence-electron chi connectivity index (χ2n) is 4.95. The average Bonchev–Trinajstić information content (AvgIpc) is 2.85. The van der Waals surface area contributed by atoms with Crippen molar-refractivity contribution in [2.24, 2.45) is 0 Å². The van der Waals surface area contributed by atoms with Gasteiger partial charge in [-0.3, -0.25) is 4.79 Å². The van der Waals surface area contributed by atoms with E-state index in [0.717, 1.165) is 36.1 Å². The molecule has 0 bridgehead atoms. The Bertz CT molecular complexity index is 612. The Kier molecular flexibility index (Phi) is 3.07. The molecule has 0 radical (unpaired) electrons. The van der Waals surface area contributed by atoms with Crippen molar-refractivity contribution < 1.29 is 9.90 Å². The highest BCUT2D eigenvalue weighted by molar-refractivity contribution is 5.80. The molecule has 4 heteroatoms. The largest absolute Gasteiger partial charge is 0.481 e. The van der Waals surface area contributed by atoms with Crippen molar-refractivity contribution in [2.45, 2.75) is 25.3 Å². The molecule has 0 amide bonds. The van der Waals surface area contributed by atoms with Gasteiger partial charge in [-0.2, -0.15) is 0 Å². The van der Waals surface area contributed by atoms with E-state index in [2.05, 4.69) is 9.88 Å². The zero-order valence-electron chi connectivity index (χ0n) is 10.6. The van der Waals surface area contributed by atoms with Crippen LogP contribution in [0.2, 0.25) is 0 Å². The molecule has 1 saturated heterocycles. The summed E-state index contributed by atoms with van der Waals surface area (Å²) in [6, 6.07) is 12.1. The van der Waals surface area contributed by atoms with Crippen molar-refractivity contribution in [3.05, 3.63) is 36.4 Å². The smallest absolute Gasteiger partial charge is 0.305 e. The normalized spacial score (nSPS) is 18.9. The number of benzene rings is 1. The third kappa shape index (κ3) is 2.38. The van der Waals surface area contributed by atoms with Gasteiger partial charge in [0.05, 0.1) is 11.9 Å². The van der Waals surface area contributed by atoms with E-state index in [1.807, 2.05) is 36.4 Å². The maximum Gasteiger partial charge on any atom is 0.305 e. The Hall–Kier alpha value is -2.10. The molecule has 1 aliphatic rings. The van der Waals surface area contributed by atoms with E-state index in [1.54, 1.807) is 0 Å². The first kappa shape index (κ1) is 12.0. The lowest BCUT2D eigenvalue weighted by molar-refractivity contribution is -0.137. The number of aliphatic carboxylic acids is 1. The van der Waals surface area contributed by atoms with Gasteiger partial charge >= 0.3 is 5.97 Å². The number of hydrogen-bond acceptors (Lipinski definition) is 3. The lowest BCUT2D eigenvalue weighted by atomic mass is 10.1. The maximum atomic E-state index is 10.9. The monoisotopic (exact) mass is 256 g/mol. The highest BCUT2D eigenvalue weighted by Crippen LogP contribution is 2.27. The molecule has 1 aliphatic heterocycles. The van der Waals surface area contributed by atoms with Gasteiger partial charge in [-0.1, -0.05) is 18.2 Å². The van der Waals surface area contributed by atoms with Gasteiger partial charge < -0.3 is 10.0 Å². The summed E-state index contributed by atoms with van der Waals surface area (Å²) in [6.45, 7) is 0.892. The lowest BCUT2D eigenvalue weighted by Crippen LogP contribution is -2.31. The summed E-state index contributed by atoms with van der Waals surface area (Å²) >= 11 is 0. The van der Waals surface area contributed by atoms with Crippen LogP contribution in [0.15, 0.2) is 36.4 Å². The summed E-state index contributed by atoms with van der Waals surface area (Å²) < 4.78 is 0. The Balaban J connectivity index is 1.92. The van der Waals surface area contributed by atoms with Gasteiger partial charge in [0.1, 0.15) is 5.82 Å². The number of carboxylic acids is 1. The van der Waals surface area contributed by atoms with Gasteiger partial charge in [0.2, 0.25) is 0 Å². The zero-order chi connectivity index (χ0) is 13.2. The van der Waals surface area contributed by atoms with E-state index in [1.165, 1.54) is 0 Å². The van der Waals surface area contributed by atoms with Gasteiger partial charge in [-0.25, -0.2) is 4.98 Å². The van der Waals surface area contributed by atoms with Crippen LogP contribution in [-0.2, 0) is 4.79 Å². The number of hydrogen-bond donors (Lipinski definition) is 1. The average molecular weight is 256 g/mol. The number of carbonyl (C=O) groups is 1. The molecular formula is C15H16N2O2. The standard InChI is InChI=1S/C15H16N2O2/c18-15(19)10-12-5-3-9-17(12)14-8-7-11-4-1-2-6-13(11)16-14/h1-2,4,6-8,12H,3,5,9-10H2,(H,18,19). The van der Waals surface area contributed by atoms with Crippen LogP contribution >= 0.6 is 0 Å². The van der Waals surface area contributed by atoms with Crippen LogP contribution in [-0.4, -0.2) is 28.6 Å². The van der Waals surface area contributed by atoms with Gasteiger partial charge in [0.25, 0.3) is 0 Å². The van der Waals surface area contributed by atoms with E-state index in [0.29, 0.717) is 0 Å². The first-order valence-corrected chi connectivity index (χ1v) is 6.58. The van der Waals surface area contributed by atoms with E-state index in [9.17, 15) is 4.79 Å². The summed E-state index contributed by atoms with van der Waals surface area (Å²) in [5.74, 6) is 0.153. The van der Waals surface area contributed by atoms with Crippen LogP contribution in [0.25, 0.3) is 10.9 Å². The van der Waals surface area contributed by atoms with Crippen LogP contribution in [0.1, 0.15) is 19.3 Å².